The Morgan fingerprint density at radius 3 is 2.92 bits per heavy atom. The van der Waals surface area contributed by atoms with E-state index in [1.165, 1.54) is 23.1 Å². The van der Waals surface area contributed by atoms with Crippen molar-refractivity contribution < 1.29 is 14.0 Å². The Morgan fingerprint density at radius 1 is 1.52 bits per heavy atom. The van der Waals surface area contributed by atoms with Gasteiger partial charge in [0, 0.05) is 0 Å². The molecule has 2 amide bonds. The van der Waals surface area contributed by atoms with Gasteiger partial charge in [-0.3, -0.25) is 14.0 Å². The van der Waals surface area contributed by atoms with Crippen molar-refractivity contribution in [1.82, 2.24) is 19.7 Å². The third-order valence-electron chi connectivity index (χ3n) is 3.61. The van der Waals surface area contributed by atoms with Gasteiger partial charge in [-0.2, -0.15) is 5.26 Å². The van der Waals surface area contributed by atoms with Gasteiger partial charge < -0.3 is 15.5 Å². The quantitative estimate of drug-likeness (QED) is 0.714. The van der Waals surface area contributed by atoms with Gasteiger partial charge in [-0.25, -0.2) is 9.97 Å². The average Bonchev–Trinajstić information content (AvgIpc) is 3.27. The molecule has 0 spiro atoms. The maximum atomic E-state index is 12.6. The van der Waals surface area contributed by atoms with Gasteiger partial charge in [-0.1, -0.05) is 6.92 Å². The summed E-state index contributed by atoms with van der Waals surface area (Å²) in [6.07, 6.45) is 3.21. The minimum atomic E-state index is -0.763. The molecule has 1 atom stereocenters. The van der Waals surface area contributed by atoms with Gasteiger partial charge in [0.05, 0.1) is 12.3 Å². The molecule has 0 aliphatic carbocycles. The molecule has 0 saturated carbocycles. The molecule has 25 heavy (non-hydrogen) atoms. The number of rotatable bonds is 5. The zero-order chi connectivity index (χ0) is 18.0. The zero-order valence-electron chi connectivity index (χ0n) is 13.3. The van der Waals surface area contributed by atoms with Crippen molar-refractivity contribution in [2.24, 2.45) is 5.73 Å². The summed E-state index contributed by atoms with van der Waals surface area (Å²) in [5.74, 6) is -0.844. The molecule has 3 N–H and O–H groups in total. The van der Waals surface area contributed by atoms with Gasteiger partial charge in [0.1, 0.15) is 23.8 Å². The molecular weight excluding hydrogens is 324 g/mol. The number of nitrogens with one attached hydrogen (secondary N) is 1. The van der Waals surface area contributed by atoms with E-state index in [0.29, 0.717) is 17.9 Å². The van der Waals surface area contributed by atoms with Gasteiger partial charge in [-0.15, -0.1) is 0 Å². The summed E-state index contributed by atoms with van der Waals surface area (Å²) in [6, 6.07) is 6.21. The highest BCUT2D eigenvalue weighted by Gasteiger charge is 2.21. The van der Waals surface area contributed by atoms with Gasteiger partial charge in [0.15, 0.2) is 17.1 Å². The summed E-state index contributed by atoms with van der Waals surface area (Å²) >= 11 is 0. The standard InChI is InChI=1S/C16H14N6O3/c1-2-9(7-17)20-16(24)11-6-10(12-4-3-5-25-12)21-15-13(14(18)23)19-8-22(11)15/h3-6,8-9H,2H2,1H3,(H2,18,23)(H,20,24)/t9-/m1/s1. The molecule has 0 radical (unpaired) electrons. The van der Waals surface area contributed by atoms with Crippen LogP contribution in [0.4, 0.5) is 0 Å². The Bertz CT molecular complexity index is 983. The molecule has 0 aromatic carbocycles. The van der Waals surface area contributed by atoms with E-state index >= 15 is 0 Å². The number of aromatic nitrogens is 3. The first kappa shape index (κ1) is 16.2. The number of nitriles is 1. The van der Waals surface area contributed by atoms with Crippen LogP contribution >= 0.6 is 0 Å². The van der Waals surface area contributed by atoms with Crippen LogP contribution in [-0.4, -0.2) is 32.2 Å². The number of hydrogen-bond donors (Lipinski definition) is 2. The van der Waals surface area contributed by atoms with E-state index in [0.717, 1.165) is 0 Å². The van der Waals surface area contributed by atoms with Crippen molar-refractivity contribution in [1.29, 1.82) is 5.26 Å². The van der Waals surface area contributed by atoms with Crippen molar-refractivity contribution >= 4 is 17.5 Å². The van der Waals surface area contributed by atoms with E-state index < -0.39 is 17.9 Å². The third-order valence-corrected chi connectivity index (χ3v) is 3.61. The van der Waals surface area contributed by atoms with Crippen LogP contribution in [0.3, 0.4) is 0 Å². The molecule has 3 heterocycles. The molecule has 3 aromatic rings. The second-order valence-electron chi connectivity index (χ2n) is 5.22. The van der Waals surface area contributed by atoms with Crippen molar-refractivity contribution in [3.63, 3.8) is 0 Å². The number of carbonyl (C=O) groups excluding carboxylic acids is 2. The Labute approximate surface area is 142 Å². The van der Waals surface area contributed by atoms with Crippen molar-refractivity contribution in [3.8, 4) is 17.5 Å². The molecule has 3 aromatic heterocycles. The van der Waals surface area contributed by atoms with Crippen LogP contribution in [0.1, 0.15) is 34.3 Å². The van der Waals surface area contributed by atoms with E-state index in [1.54, 1.807) is 19.1 Å². The maximum Gasteiger partial charge on any atom is 0.271 e. The lowest BCUT2D eigenvalue weighted by molar-refractivity contribution is 0.0936. The van der Waals surface area contributed by atoms with E-state index in [-0.39, 0.29) is 17.0 Å². The topological polar surface area (TPSA) is 139 Å². The normalized spacial score (nSPS) is 11.8. The lowest BCUT2D eigenvalue weighted by Crippen LogP contribution is -2.34. The third kappa shape index (κ3) is 2.92. The Kier molecular flexibility index (Phi) is 4.18. The fourth-order valence-electron chi connectivity index (χ4n) is 2.33. The molecule has 9 heteroatoms. The van der Waals surface area contributed by atoms with E-state index in [4.69, 9.17) is 15.4 Å². The summed E-state index contributed by atoms with van der Waals surface area (Å²) < 4.78 is 6.66. The monoisotopic (exact) mass is 338 g/mol. The molecule has 0 fully saturated rings. The fourth-order valence-corrected chi connectivity index (χ4v) is 2.33. The average molecular weight is 338 g/mol. The Morgan fingerprint density at radius 2 is 2.32 bits per heavy atom. The molecule has 0 saturated heterocycles. The first-order valence-corrected chi connectivity index (χ1v) is 7.47. The van der Waals surface area contributed by atoms with Gasteiger partial charge >= 0.3 is 0 Å². The number of hydrogen-bond acceptors (Lipinski definition) is 6. The second-order valence-corrected chi connectivity index (χ2v) is 5.22. The van der Waals surface area contributed by atoms with E-state index in [1.807, 2.05) is 6.07 Å². The predicted molar refractivity (Wildman–Crippen MR) is 86.4 cm³/mol. The van der Waals surface area contributed by atoms with Crippen molar-refractivity contribution in [2.45, 2.75) is 19.4 Å². The highest BCUT2D eigenvalue weighted by molar-refractivity contribution is 5.99. The number of imidazole rings is 1. The molecule has 3 rings (SSSR count). The van der Waals surface area contributed by atoms with E-state index in [2.05, 4.69) is 15.3 Å². The summed E-state index contributed by atoms with van der Waals surface area (Å²) in [4.78, 5) is 32.4. The first-order valence-electron chi connectivity index (χ1n) is 7.47. The SMILES string of the molecule is CC[C@H](C#N)NC(=O)c1cc(-c2ccco2)nc2c(C(N)=O)ncn12. The van der Waals surface area contributed by atoms with E-state index in [9.17, 15) is 9.59 Å². The summed E-state index contributed by atoms with van der Waals surface area (Å²) in [6.45, 7) is 1.78. The highest BCUT2D eigenvalue weighted by Crippen LogP contribution is 2.21. The van der Waals surface area contributed by atoms with Crippen LogP contribution < -0.4 is 11.1 Å². The molecular formula is C16H14N6O3. The number of carbonyl (C=O) groups is 2. The lowest BCUT2D eigenvalue weighted by Gasteiger charge is -2.11. The molecule has 0 unspecified atom stereocenters. The number of nitrogens with two attached hydrogens (primary N) is 1. The van der Waals surface area contributed by atoms with Crippen molar-refractivity contribution in [3.05, 3.63) is 42.2 Å². The van der Waals surface area contributed by atoms with Crippen LogP contribution in [-0.2, 0) is 0 Å². The highest BCUT2D eigenvalue weighted by atomic mass is 16.3. The number of furan rings is 1. The Balaban J connectivity index is 2.18. The fraction of sp³-hybridized carbons (Fsp3) is 0.188. The summed E-state index contributed by atoms with van der Waals surface area (Å²) in [7, 11) is 0. The molecule has 0 aliphatic heterocycles. The van der Waals surface area contributed by atoms with Gasteiger partial charge in [-0.05, 0) is 24.6 Å². The van der Waals surface area contributed by atoms with Crippen LogP contribution in [0.15, 0.2) is 35.2 Å². The lowest BCUT2D eigenvalue weighted by atomic mass is 10.2. The van der Waals surface area contributed by atoms with Crippen molar-refractivity contribution in [2.75, 3.05) is 0 Å². The zero-order valence-corrected chi connectivity index (χ0v) is 13.3. The van der Waals surface area contributed by atoms with Crippen LogP contribution in [0.2, 0.25) is 0 Å². The van der Waals surface area contributed by atoms with Crippen LogP contribution in [0.5, 0.6) is 0 Å². The predicted octanol–water partition coefficient (Wildman–Crippen LogP) is 1.12. The number of nitrogens with zero attached hydrogens (tertiary/aromatic N) is 4. The maximum absolute atomic E-state index is 12.6. The number of primary amides is 1. The minimum absolute atomic E-state index is 0.0604. The van der Waals surface area contributed by atoms with Crippen LogP contribution in [0.25, 0.3) is 17.1 Å². The molecule has 126 valence electrons. The number of fused-ring (bicyclic) bond motifs is 1. The minimum Gasteiger partial charge on any atom is -0.463 e. The smallest absolute Gasteiger partial charge is 0.271 e. The summed E-state index contributed by atoms with van der Waals surface area (Å²) in [5, 5.41) is 11.7. The molecule has 9 nitrogen and oxygen atoms in total. The molecule has 0 aliphatic rings. The first-order chi connectivity index (χ1) is 12.0. The largest absolute Gasteiger partial charge is 0.463 e. The van der Waals surface area contributed by atoms with Gasteiger partial charge in [0.25, 0.3) is 11.8 Å². The van der Waals surface area contributed by atoms with Crippen LogP contribution in [0, 0.1) is 11.3 Å². The Hall–Kier alpha value is -3.67. The molecule has 0 bridgehead atoms. The number of amides is 2. The summed E-state index contributed by atoms with van der Waals surface area (Å²) in [5.41, 5.74) is 5.90. The van der Waals surface area contributed by atoms with Gasteiger partial charge in [0.2, 0.25) is 0 Å². The second kappa shape index (κ2) is 6.45.